The summed E-state index contributed by atoms with van der Waals surface area (Å²) in [7, 11) is 0. The van der Waals surface area contributed by atoms with Crippen molar-refractivity contribution in [1.29, 1.82) is 0 Å². The zero-order valence-electron chi connectivity index (χ0n) is 11.4. The number of hydrogen-bond donors (Lipinski definition) is 2. The van der Waals surface area contributed by atoms with Crippen LogP contribution in [0, 0.1) is 0 Å². The minimum absolute atomic E-state index is 0.397. The lowest BCUT2D eigenvalue weighted by Crippen LogP contribution is -1.95. The van der Waals surface area contributed by atoms with Crippen LogP contribution in [0.5, 0.6) is 0 Å². The summed E-state index contributed by atoms with van der Waals surface area (Å²) < 4.78 is 0. The lowest BCUT2D eigenvalue weighted by atomic mass is 9.92. The van der Waals surface area contributed by atoms with E-state index in [9.17, 15) is 0 Å². The third kappa shape index (κ3) is 1.73. The first-order chi connectivity index (χ1) is 9.81. The molecule has 2 aromatic heterocycles. The van der Waals surface area contributed by atoms with Gasteiger partial charge in [-0.05, 0) is 58.3 Å². The molecule has 0 aliphatic rings. The van der Waals surface area contributed by atoms with Crippen molar-refractivity contribution >= 4 is 21.8 Å². The van der Waals surface area contributed by atoms with Crippen LogP contribution in [0.4, 0.5) is 0 Å². The molecule has 0 bridgehead atoms. The molecule has 98 valence electrons. The largest absolute Gasteiger partial charge is 0.361 e. The van der Waals surface area contributed by atoms with Gasteiger partial charge in [-0.2, -0.15) is 0 Å². The molecule has 4 rings (SSSR count). The Labute approximate surface area is 117 Å². The van der Waals surface area contributed by atoms with E-state index in [2.05, 4.69) is 65.4 Å². The van der Waals surface area contributed by atoms with Crippen LogP contribution in [0.2, 0.25) is 0 Å². The van der Waals surface area contributed by atoms with Gasteiger partial charge >= 0.3 is 0 Å². The normalized spacial score (nSPS) is 11.7. The zero-order valence-corrected chi connectivity index (χ0v) is 11.4. The molecule has 0 atom stereocenters. The second kappa shape index (κ2) is 4.27. The van der Waals surface area contributed by atoms with Gasteiger partial charge in [-0.25, -0.2) is 0 Å². The molecule has 20 heavy (non-hydrogen) atoms. The predicted molar refractivity (Wildman–Crippen MR) is 84.1 cm³/mol. The molecule has 0 aliphatic heterocycles. The molecule has 0 spiro atoms. The van der Waals surface area contributed by atoms with Crippen LogP contribution in [-0.4, -0.2) is 9.97 Å². The highest BCUT2D eigenvalue weighted by Gasteiger charge is 2.10. The number of benzene rings is 2. The van der Waals surface area contributed by atoms with Gasteiger partial charge in [0, 0.05) is 29.3 Å². The van der Waals surface area contributed by atoms with Gasteiger partial charge in [0.2, 0.25) is 0 Å². The summed E-state index contributed by atoms with van der Waals surface area (Å²) in [6.07, 6.45) is 3.98. The molecule has 0 saturated heterocycles. The quantitative estimate of drug-likeness (QED) is 0.519. The maximum Gasteiger partial charge on any atom is 0.0454 e. The van der Waals surface area contributed by atoms with E-state index < -0.39 is 0 Å². The molecule has 0 fully saturated rings. The summed E-state index contributed by atoms with van der Waals surface area (Å²) in [4.78, 5) is 6.48. The Hall–Kier alpha value is -2.48. The summed E-state index contributed by atoms with van der Waals surface area (Å²) in [6, 6.07) is 17.6. The van der Waals surface area contributed by atoms with Gasteiger partial charge in [-0.1, -0.05) is 19.1 Å². The number of rotatable bonds is 2. The van der Waals surface area contributed by atoms with E-state index in [0.29, 0.717) is 5.92 Å². The molecular formula is C18H16N2. The summed E-state index contributed by atoms with van der Waals surface area (Å²) in [5.41, 5.74) is 5.10. The van der Waals surface area contributed by atoms with Gasteiger partial charge < -0.3 is 9.97 Å². The fourth-order valence-corrected chi connectivity index (χ4v) is 2.87. The molecule has 0 radical (unpaired) electrons. The molecule has 4 aromatic rings. The molecule has 2 heteroatoms. The van der Waals surface area contributed by atoms with Gasteiger partial charge in [0.25, 0.3) is 0 Å². The topological polar surface area (TPSA) is 31.6 Å². The predicted octanol–water partition coefficient (Wildman–Crippen LogP) is 4.80. The van der Waals surface area contributed by atoms with Gasteiger partial charge in [0.05, 0.1) is 0 Å². The first kappa shape index (κ1) is 11.4. The lowest BCUT2D eigenvalue weighted by Gasteiger charge is -2.13. The van der Waals surface area contributed by atoms with Crippen molar-refractivity contribution < 1.29 is 0 Å². The number of aromatic nitrogens is 2. The SMILES string of the molecule is CC(c1ccc2[nH]ccc2c1)c1ccc2[nH]ccc2c1. The van der Waals surface area contributed by atoms with E-state index in [1.54, 1.807) is 0 Å². The third-order valence-electron chi connectivity index (χ3n) is 4.15. The second-order valence-electron chi connectivity index (χ2n) is 5.37. The number of hydrogen-bond acceptors (Lipinski definition) is 0. The highest BCUT2D eigenvalue weighted by Crippen LogP contribution is 2.28. The van der Waals surface area contributed by atoms with Crippen molar-refractivity contribution in [2.75, 3.05) is 0 Å². The fourth-order valence-electron chi connectivity index (χ4n) is 2.87. The van der Waals surface area contributed by atoms with Crippen molar-refractivity contribution in [3.8, 4) is 0 Å². The van der Waals surface area contributed by atoms with E-state index in [-0.39, 0.29) is 0 Å². The Morgan fingerprint density at radius 2 is 1.20 bits per heavy atom. The molecule has 2 N–H and O–H groups in total. The van der Waals surface area contributed by atoms with Gasteiger partial charge in [0.1, 0.15) is 0 Å². The van der Waals surface area contributed by atoms with Crippen LogP contribution in [0.25, 0.3) is 21.8 Å². The Kier molecular flexibility index (Phi) is 2.43. The minimum Gasteiger partial charge on any atom is -0.361 e. The van der Waals surface area contributed by atoms with Crippen molar-refractivity contribution in [2.24, 2.45) is 0 Å². The molecule has 2 heterocycles. The summed E-state index contributed by atoms with van der Waals surface area (Å²) in [6.45, 7) is 2.27. The van der Waals surface area contributed by atoms with Crippen molar-refractivity contribution in [2.45, 2.75) is 12.8 Å². The lowest BCUT2D eigenvalue weighted by molar-refractivity contribution is 0.927. The Morgan fingerprint density at radius 3 is 1.70 bits per heavy atom. The smallest absolute Gasteiger partial charge is 0.0454 e. The molecule has 2 aromatic carbocycles. The molecular weight excluding hydrogens is 244 g/mol. The summed E-state index contributed by atoms with van der Waals surface area (Å²) in [5.74, 6) is 0.397. The first-order valence-corrected chi connectivity index (χ1v) is 6.95. The van der Waals surface area contributed by atoms with Crippen LogP contribution in [-0.2, 0) is 0 Å². The highest BCUT2D eigenvalue weighted by atomic mass is 14.7. The average molecular weight is 260 g/mol. The second-order valence-corrected chi connectivity index (χ2v) is 5.37. The minimum atomic E-state index is 0.397. The molecule has 0 aliphatic carbocycles. The third-order valence-corrected chi connectivity index (χ3v) is 4.15. The standard InChI is InChI=1S/C18H16N2/c1-12(13-2-4-17-15(10-13)6-8-19-17)14-3-5-18-16(11-14)7-9-20-18/h2-12,19-20H,1H3. The monoisotopic (exact) mass is 260 g/mol. The van der Waals surface area contributed by atoms with E-state index in [4.69, 9.17) is 0 Å². The number of fused-ring (bicyclic) bond motifs is 2. The number of nitrogens with one attached hydrogen (secondary N) is 2. The fraction of sp³-hybridized carbons (Fsp3) is 0.111. The van der Waals surface area contributed by atoms with Crippen LogP contribution < -0.4 is 0 Å². The van der Waals surface area contributed by atoms with Crippen LogP contribution in [0.15, 0.2) is 60.9 Å². The summed E-state index contributed by atoms with van der Waals surface area (Å²) in [5, 5.41) is 2.55. The maximum absolute atomic E-state index is 3.24. The maximum atomic E-state index is 3.24. The van der Waals surface area contributed by atoms with Crippen LogP contribution in [0.3, 0.4) is 0 Å². The van der Waals surface area contributed by atoms with Gasteiger partial charge in [-0.3, -0.25) is 0 Å². The van der Waals surface area contributed by atoms with Crippen LogP contribution >= 0.6 is 0 Å². The van der Waals surface area contributed by atoms with E-state index in [0.717, 1.165) is 0 Å². The van der Waals surface area contributed by atoms with Crippen molar-refractivity contribution in [1.82, 2.24) is 9.97 Å². The Bertz CT molecular complexity index is 808. The Balaban J connectivity index is 1.79. The van der Waals surface area contributed by atoms with Gasteiger partial charge in [0.15, 0.2) is 0 Å². The average Bonchev–Trinajstić information content (AvgIpc) is 3.13. The Morgan fingerprint density at radius 1 is 0.700 bits per heavy atom. The summed E-state index contributed by atoms with van der Waals surface area (Å²) >= 11 is 0. The molecule has 0 amide bonds. The zero-order chi connectivity index (χ0) is 13.5. The molecule has 2 nitrogen and oxygen atoms in total. The van der Waals surface area contributed by atoms with Gasteiger partial charge in [-0.15, -0.1) is 0 Å². The van der Waals surface area contributed by atoms with E-state index in [1.165, 1.54) is 32.9 Å². The van der Waals surface area contributed by atoms with E-state index in [1.807, 2.05) is 12.4 Å². The number of H-pyrrole nitrogens is 2. The molecule has 0 unspecified atom stereocenters. The molecule has 0 saturated carbocycles. The van der Waals surface area contributed by atoms with E-state index >= 15 is 0 Å². The van der Waals surface area contributed by atoms with Crippen molar-refractivity contribution in [3.63, 3.8) is 0 Å². The van der Waals surface area contributed by atoms with Crippen molar-refractivity contribution in [3.05, 3.63) is 72.1 Å². The first-order valence-electron chi connectivity index (χ1n) is 6.95. The van der Waals surface area contributed by atoms with Crippen LogP contribution in [0.1, 0.15) is 24.0 Å². The highest BCUT2D eigenvalue weighted by molar-refractivity contribution is 5.81. The number of aromatic amines is 2.